The van der Waals surface area contributed by atoms with Gasteiger partial charge in [0, 0.05) is 5.56 Å². The molecule has 7 heteroatoms. The van der Waals surface area contributed by atoms with Gasteiger partial charge in [-0.3, -0.25) is 0 Å². The number of benzene rings is 1. The van der Waals surface area contributed by atoms with Crippen LogP contribution in [0.2, 0.25) is 10.0 Å². The zero-order valence-corrected chi connectivity index (χ0v) is 11.6. The highest BCUT2D eigenvalue weighted by Gasteiger charge is 2.33. The third-order valence-electron chi connectivity index (χ3n) is 2.58. The number of hydrogen-bond acceptors (Lipinski definition) is 2. The fourth-order valence-electron chi connectivity index (χ4n) is 1.65. The lowest BCUT2D eigenvalue weighted by Crippen LogP contribution is -2.09. The Morgan fingerprint density at radius 2 is 1.80 bits per heavy atom. The number of aromatic nitrogens is 1. The highest BCUT2D eigenvalue weighted by atomic mass is 35.5. The minimum Gasteiger partial charge on any atom is -0.494 e. The lowest BCUT2D eigenvalue weighted by Gasteiger charge is -2.13. The quantitative estimate of drug-likeness (QED) is 0.769. The predicted octanol–water partition coefficient (Wildman–Crippen LogP) is 5.08. The van der Waals surface area contributed by atoms with Crippen LogP contribution in [0.3, 0.4) is 0 Å². The predicted molar refractivity (Wildman–Crippen MR) is 71.2 cm³/mol. The van der Waals surface area contributed by atoms with Crippen molar-refractivity contribution in [2.75, 3.05) is 7.11 Å². The maximum Gasteiger partial charge on any atom is 0.433 e. The first-order chi connectivity index (χ1) is 9.34. The molecule has 0 aliphatic heterocycles. The van der Waals surface area contributed by atoms with E-state index in [0.29, 0.717) is 0 Å². The van der Waals surface area contributed by atoms with Crippen LogP contribution in [0.5, 0.6) is 5.75 Å². The van der Waals surface area contributed by atoms with Crippen LogP contribution in [0.1, 0.15) is 5.69 Å². The molecule has 0 aliphatic rings. The van der Waals surface area contributed by atoms with E-state index in [-0.39, 0.29) is 27.1 Å². The summed E-state index contributed by atoms with van der Waals surface area (Å²) in [6.07, 6.45) is -4.55. The lowest BCUT2D eigenvalue weighted by molar-refractivity contribution is -0.141. The van der Waals surface area contributed by atoms with Crippen molar-refractivity contribution in [1.82, 2.24) is 4.98 Å². The van der Waals surface area contributed by atoms with E-state index in [9.17, 15) is 13.2 Å². The molecule has 1 aromatic carbocycles. The second kappa shape index (κ2) is 5.50. The molecule has 0 saturated heterocycles. The molecule has 0 fully saturated rings. The summed E-state index contributed by atoms with van der Waals surface area (Å²) in [6.45, 7) is 0. The molecule has 0 radical (unpaired) electrons. The maximum absolute atomic E-state index is 12.7. The van der Waals surface area contributed by atoms with Crippen molar-refractivity contribution in [3.05, 3.63) is 46.1 Å². The van der Waals surface area contributed by atoms with E-state index < -0.39 is 11.9 Å². The summed E-state index contributed by atoms with van der Waals surface area (Å²) in [5, 5.41) is 0.352. The van der Waals surface area contributed by atoms with Gasteiger partial charge in [-0.25, -0.2) is 4.98 Å². The first kappa shape index (κ1) is 14.9. The number of ether oxygens (including phenoxy) is 1. The molecule has 0 N–H and O–H groups in total. The SMILES string of the molecule is COc1ccc(C(F)(F)F)nc1-c1cccc(Cl)c1Cl. The molecule has 0 unspecified atom stereocenters. The van der Waals surface area contributed by atoms with Crippen molar-refractivity contribution >= 4 is 23.2 Å². The molecule has 2 rings (SSSR count). The summed E-state index contributed by atoms with van der Waals surface area (Å²) >= 11 is 11.9. The molecule has 2 aromatic rings. The molecule has 106 valence electrons. The van der Waals surface area contributed by atoms with Gasteiger partial charge in [0.15, 0.2) is 0 Å². The molecule has 0 atom stereocenters. The van der Waals surface area contributed by atoms with Crippen molar-refractivity contribution in [2.24, 2.45) is 0 Å². The third kappa shape index (κ3) is 2.83. The van der Waals surface area contributed by atoms with E-state index >= 15 is 0 Å². The number of pyridine rings is 1. The topological polar surface area (TPSA) is 22.1 Å². The summed E-state index contributed by atoms with van der Waals surface area (Å²) in [4.78, 5) is 3.59. The van der Waals surface area contributed by atoms with Gasteiger partial charge in [-0.05, 0) is 18.2 Å². The standard InChI is InChI=1S/C13H8Cl2F3NO/c1-20-9-5-6-10(13(16,17)18)19-12(9)7-3-2-4-8(14)11(7)15/h2-6H,1H3. The zero-order chi connectivity index (χ0) is 14.9. The molecule has 0 amide bonds. The van der Waals surface area contributed by atoms with E-state index in [2.05, 4.69) is 4.98 Å². The van der Waals surface area contributed by atoms with E-state index in [4.69, 9.17) is 27.9 Å². The normalized spacial score (nSPS) is 11.5. The molecule has 20 heavy (non-hydrogen) atoms. The molecule has 1 aromatic heterocycles. The zero-order valence-electron chi connectivity index (χ0n) is 10.1. The largest absolute Gasteiger partial charge is 0.494 e. The Kier molecular flexibility index (Phi) is 4.11. The van der Waals surface area contributed by atoms with Gasteiger partial charge in [0.2, 0.25) is 0 Å². The van der Waals surface area contributed by atoms with Crippen LogP contribution in [0.15, 0.2) is 30.3 Å². The van der Waals surface area contributed by atoms with E-state index in [1.807, 2.05) is 0 Å². The van der Waals surface area contributed by atoms with Gasteiger partial charge in [0.05, 0.1) is 17.2 Å². The summed E-state index contributed by atoms with van der Waals surface area (Å²) in [5.74, 6) is 0.183. The summed E-state index contributed by atoms with van der Waals surface area (Å²) < 4.78 is 43.2. The van der Waals surface area contributed by atoms with E-state index in [1.54, 1.807) is 6.07 Å². The highest BCUT2D eigenvalue weighted by molar-refractivity contribution is 6.43. The van der Waals surface area contributed by atoms with Gasteiger partial charge in [-0.1, -0.05) is 35.3 Å². The van der Waals surface area contributed by atoms with Crippen LogP contribution >= 0.6 is 23.2 Å². The Labute approximate surface area is 123 Å². The van der Waals surface area contributed by atoms with Crippen LogP contribution in [-0.4, -0.2) is 12.1 Å². The molecule has 1 heterocycles. The van der Waals surface area contributed by atoms with Crippen molar-refractivity contribution in [3.8, 4) is 17.0 Å². The maximum atomic E-state index is 12.7. The molecule has 0 saturated carbocycles. The Balaban J connectivity index is 2.68. The van der Waals surface area contributed by atoms with Crippen molar-refractivity contribution in [1.29, 1.82) is 0 Å². The molecular formula is C13H8Cl2F3NO. The van der Waals surface area contributed by atoms with Crippen LogP contribution in [0.4, 0.5) is 13.2 Å². The highest BCUT2D eigenvalue weighted by Crippen LogP contribution is 2.39. The Morgan fingerprint density at radius 1 is 1.10 bits per heavy atom. The van der Waals surface area contributed by atoms with Gasteiger partial charge in [-0.15, -0.1) is 0 Å². The minimum absolute atomic E-state index is 0.00479. The molecule has 0 aliphatic carbocycles. The fourth-order valence-corrected chi connectivity index (χ4v) is 2.04. The summed E-state index contributed by atoms with van der Waals surface area (Å²) in [7, 11) is 1.34. The number of hydrogen-bond donors (Lipinski definition) is 0. The van der Waals surface area contributed by atoms with Crippen LogP contribution in [-0.2, 0) is 6.18 Å². The fraction of sp³-hybridized carbons (Fsp3) is 0.154. The Bertz CT molecular complexity index is 644. The molecular weight excluding hydrogens is 314 g/mol. The Hall–Kier alpha value is -1.46. The number of methoxy groups -OCH3 is 1. The van der Waals surface area contributed by atoms with Crippen molar-refractivity contribution < 1.29 is 17.9 Å². The monoisotopic (exact) mass is 321 g/mol. The van der Waals surface area contributed by atoms with Crippen LogP contribution in [0.25, 0.3) is 11.3 Å². The second-order valence-electron chi connectivity index (χ2n) is 3.85. The Morgan fingerprint density at radius 3 is 2.40 bits per heavy atom. The second-order valence-corrected chi connectivity index (χ2v) is 4.63. The van der Waals surface area contributed by atoms with E-state index in [1.165, 1.54) is 25.3 Å². The number of halogens is 5. The summed E-state index contributed by atoms with van der Waals surface area (Å²) in [5.41, 5.74) is -0.749. The lowest BCUT2D eigenvalue weighted by atomic mass is 10.1. The van der Waals surface area contributed by atoms with Gasteiger partial charge in [-0.2, -0.15) is 13.2 Å². The van der Waals surface area contributed by atoms with Crippen LogP contribution in [0, 0.1) is 0 Å². The summed E-state index contributed by atoms with van der Waals surface area (Å²) in [6, 6.07) is 6.68. The van der Waals surface area contributed by atoms with Crippen molar-refractivity contribution in [2.45, 2.75) is 6.18 Å². The number of rotatable bonds is 2. The van der Waals surface area contributed by atoms with Crippen molar-refractivity contribution in [3.63, 3.8) is 0 Å². The average molecular weight is 322 g/mol. The first-order valence-corrected chi connectivity index (χ1v) is 6.17. The molecule has 0 spiro atoms. The van der Waals surface area contributed by atoms with Crippen LogP contribution < -0.4 is 4.74 Å². The third-order valence-corrected chi connectivity index (χ3v) is 3.39. The molecule has 2 nitrogen and oxygen atoms in total. The number of nitrogens with zero attached hydrogens (tertiary/aromatic N) is 1. The molecule has 0 bridgehead atoms. The smallest absolute Gasteiger partial charge is 0.433 e. The first-order valence-electron chi connectivity index (χ1n) is 5.41. The minimum atomic E-state index is -4.55. The van der Waals surface area contributed by atoms with Gasteiger partial charge >= 0.3 is 6.18 Å². The van der Waals surface area contributed by atoms with Gasteiger partial charge in [0.25, 0.3) is 0 Å². The van der Waals surface area contributed by atoms with Gasteiger partial charge in [0.1, 0.15) is 17.1 Å². The van der Waals surface area contributed by atoms with Gasteiger partial charge < -0.3 is 4.74 Å². The number of alkyl halides is 3. The average Bonchev–Trinajstić information content (AvgIpc) is 2.40. The van der Waals surface area contributed by atoms with E-state index in [0.717, 1.165) is 6.07 Å².